The third-order valence-corrected chi connectivity index (χ3v) is 6.68. The van der Waals surface area contributed by atoms with Crippen LogP contribution < -0.4 is 5.32 Å². The first-order valence-electron chi connectivity index (χ1n) is 10.1. The van der Waals surface area contributed by atoms with E-state index < -0.39 is 5.97 Å². The molecule has 7 heteroatoms. The number of anilines is 1. The topological polar surface area (TPSA) is 74.6 Å². The Balaban J connectivity index is 1.49. The van der Waals surface area contributed by atoms with Crippen LogP contribution in [0.4, 0.5) is 5.69 Å². The Morgan fingerprint density at radius 1 is 1.24 bits per heavy atom. The van der Waals surface area contributed by atoms with Gasteiger partial charge in [0.05, 0.1) is 0 Å². The molecular formula is C22H29N3O3S. The first kappa shape index (κ1) is 21.5. The lowest BCUT2D eigenvalue weighted by Gasteiger charge is -2.30. The average molecular weight is 416 g/mol. The summed E-state index contributed by atoms with van der Waals surface area (Å²) >= 11 is 1.56. The number of carboxylic acids is 1. The van der Waals surface area contributed by atoms with Crippen LogP contribution in [0.25, 0.3) is 0 Å². The molecule has 2 heterocycles. The summed E-state index contributed by atoms with van der Waals surface area (Å²) < 4.78 is 3.82. The molecule has 1 unspecified atom stereocenters. The SMILES string of the molecule is CCC(C)c1ccc(NC(=O)C2CCN(Sc3cc(C(=O)O)n(C)c3)CC2)cc1. The van der Waals surface area contributed by atoms with Crippen molar-refractivity contribution in [2.24, 2.45) is 13.0 Å². The van der Waals surface area contributed by atoms with Crippen LogP contribution in [0.2, 0.25) is 0 Å². The van der Waals surface area contributed by atoms with Crippen molar-refractivity contribution in [3.8, 4) is 0 Å². The standard InChI is InChI=1S/C22H29N3O3S/c1-4-15(2)16-5-7-18(8-6-16)23-21(26)17-9-11-25(12-10-17)29-19-13-20(22(27)28)24(3)14-19/h5-8,13-15,17H,4,9-12H2,1-3H3,(H,23,26)(H,27,28). The molecular weight excluding hydrogens is 386 g/mol. The second kappa shape index (κ2) is 9.50. The molecule has 1 saturated heterocycles. The third-order valence-electron chi connectivity index (χ3n) is 5.62. The van der Waals surface area contributed by atoms with Crippen LogP contribution in [0.15, 0.2) is 41.4 Å². The highest BCUT2D eigenvalue weighted by Gasteiger charge is 2.26. The zero-order valence-corrected chi connectivity index (χ0v) is 18.0. The van der Waals surface area contributed by atoms with Crippen molar-refractivity contribution >= 4 is 29.5 Å². The number of aryl methyl sites for hydroxylation is 1. The largest absolute Gasteiger partial charge is 0.477 e. The number of hydrogen-bond donors (Lipinski definition) is 2. The minimum atomic E-state index is -0.924. The Kier molecular flexibility index (Phi) is 7.03. The molecule has 0 radical (unpaired) electrons. The molecule has 1 atom stereocenters. The number of aromatic carboxylic acids is 1. The summed E-state index contributed by atoms with van der Waals surface area (Å²) in [4.78, 5) is 24.7. The van der Waals surface area contributed by atoms with E-state index in [0.29, 0.717) is 5.92 Å². The first-order chi connectivity index (χ1) is 13.9. The van der Waals surface area contributed by atoms with Gasteiger partial charge in [-0.25, -0.2) is 9.10 Å². The number of carbonyl (C=O) groups is 2. The van der Waals surface area contributed by atoms with Gasteiger partial charge in [0.25, 0.3) is 0 Å². The maximum atomic E-state index is 12.6. The summed E-state index contributed by atoms with van der Waals surface area (Å²) in [5.41, 5.74) is 2.42. The quantitative estimate of drug-likeness (QED) is 0.647. The van der Waals surface area contributed by atoms with Crippen molar-refractivity contribution in [1.82, 2.24) is 8.87 Å². The van der Waals surface area contributed by atoms with Crippen molar-refractivity contribution in [3.05, 3.63) is 47.8 Å². The van der Waals surface area contributed by atoms with Crippen LogP contribution in [0.3, 0.4) is 0 Å². The predicted molar refractivity (Wildman–Crippen MR) is 116 cm³/mol. The number of benzene rings is 1. The minimum Gasteiger partial charge on any atom is -0.477 e. The van der Waals surface area contributed by atoms with Crippen LogP contribution in [-0.2, 0) is 11.8 Å². The molecule has 1 aromatic heterocycles. The summed E-state index contributed by atoms with van der Waals surface area (Å²) in [7, 11) is 1.74. The van der Waals surface area contributed by atoms with Crippen LogP contribution in [-0.4, -0.2) is 38.9 Å². The lowest BCUT2D eigenvalue weighted by Crippen LogP contribution is -2.34. The van der Waals surface area contributed by atoms with E-state index in [-0.39, 0.29) is 17.5 Å². The van der Waals surface area contributed by atoms with Crippen molar-refractivity contribution < 1.29 is 14.7 Å². The van der Waals surface area contributed by atoms with Crippen molar-refractivity contribution in [2.75, 3.05) is 18.4 Å². The van der Waals surface area contributed by atoms with Crippen molar-refractivity contribution in [1.29, 1.82) is 0 Å². The molecule has 1 aliphatic rings. The minimum absolute atomic E-state index is 0.00597. The molecule has 2 N–H and O–H groups in total. The van der Waals surface area contributed by atoms with Gasteiger partial charge in [-0.15, -0.1) is 0 Å². The molecule has 156 valence electrons. The molecule has 1 amide bonds. The van der Waals surface area contributed by atoms with Gasteiger partial charge >= 0.3 is 5.97 Å². The van der Waals surface area contributed by atoms with E-state index in [1.165, 1.54) is 5.56 Å². The second-order valence-electron chi connectivity index (χ2n) is 7.69. The summed E-state index contributed by atoms with van der Waals surface area (Å²) in [6.45, 7) is 5.98. The van der Waals surface area contributed by atoms with Gasteiger partial charge in [0.2, 0.25) is 5.91 Å². The summed E-state index contributed by atoms with van der Waals surface area (Å²) in [6.07, 6.45) is 4.52. The van der Waals surface area contributed by atoms with E-state index in [0.717, 1.165) is 42.9 Å². The summed E-state index contributed by atoms with van der Waals surface area (Å²) in [5, 5.41) is 12.2. The summed E-state index contributed by atoms with van der Waals surface area (Å²) in [5.74, 6) is -0.310. The maximum absolute atomic E-state index is 12.6. The normalized spacial score (nSPS) is 16.5. The first-order valence-corrected chi connectivity index (χ1v) is 10.9. The molecule has 0 bridgehead atoms. The number of carbonyl (C=O) groups excluding carboxylic acids is 1. The number of aromatic nitrogens is 1. The molecule has 1 aliphatic heterocycles. The lowest BCUT2D eigenvalue weighted by molar-refractivity contribution is -0.120. The number of amides is 1. The summed E-state index contributed by atoms with van der Waals surface area (Å²) in [6, 6.07) is 9.84. The third kappa shape index (κ3) is 5.42. The number of rotatable bonds is 7. The van der Waals surface area contributed by atoms with Gasteiger partial charge in [0.15, 0.2) is 0 Å². The fourth-order valence-corrected chi connectivity index (χ4v) is 4.59. The molecule has 0 aliphatic carbocycles. The molecule has 3 rings (SSSR count). The van der Waals surface area contributed by atoms with Gasteiger partial charge in [-0.2, -0.15) is 0 Å². The molecule has 0 saturated carbocycles. The van der Waals surface area contributed by atoms with Gasteiger partial charge in [0, 0.05) is 42.8 Å². The molecule has 0 spiro atoms. The van der Waals surface area contributed by atoms with E-state index in [4.69, 9.17) is 5.11 Å². The van der Waals surface area contributed by atoms with Crippen LogP contribution in [0, 0.1) is 5.92 Å². The molecule has 29 heavy (non-hydrogen) atoms. The Morgan fingerprint density at radius 3 is 2.45 bits per heavy atom. The highest BCUT2D eigenvalue weighted by atomic mass is 32.2. The molecule has 1 fully saturated rings. The van der Waals surface area contributed by atoms with Gasteiger partial charge in [0.1, 0.15) is 5.69 Å². The number of hydrogen-bond acceptors (Lipinski definition) is 4. The second-order valence-corrected chi connectivity index (χ2v) is 8.86. The zero-order valence-electron chi connectivity index (χ0n) is 17.2. The fraction of sp³-hybridized carbons (Fsp3) is 0.455. The van der Waals surface area contributed by atoms with E-state index in [1.807, 2.05) is 18.3 Å². The lowest BCUT2D eigenvalue weighted by atomic mass is 9.96. The van der Waals surface area contributed by atoms with Gasteiger partial charge in [-0.05, 0) is 60.9 Å². The predicted octanol–water partition coefficient (Wildman–Crippen LogP) is 4.59. The van der Waals surface area contributed by atoms with Gasteiger partial charge < -0.3 is 15.0 Å². The molecule has 2 aromatic rings. The van der Waals surface area contributed by atoms with E-state index in [9.17, 15) is 9.59 Å². The molecule has 6 nitrogen and oxygen atoms in total. The van der Waals surface area contributed by atoms with Crippen LogP contribution >= 0.6 is 11.9 Å². The average Bonchev–Trinajstić information content (AvgIpc) is 3.08. The molecule has 1 aromatic carbocycles. The number of carboxylic acid groups (broad SMARTS) is 1. The van der Waals surface area contributed by atoms with Gasteiger partial charge in [-0.3, -0.25) is 4.79 Å². The highest BCUT2D eigenvalue weighted by molar-refractivity contribution is 7.97. The number of piperidine rings is 1. The van der Waals surface area contributed by atoms with Gasteiger partial charge in [-0.1, -0.05) is 26.0 Å². The number of nitrogens with zero attached hydrogens (tertiary/aromatic N) is 2. The Hall–Kier alpha value is -2.25. The Bertz CT molecular complexity index is 855. The zero-order chi connectivity index (χ0) is 21.0. The Labute approximate surface area is 176 Å². The van der Waals surface area contributed by atoms with Crippen LogP contribution in [0.1, 0.15) is 55.1 Å². The van der Waals surface area contributed by atoms with E-state index in [2.05, 4.69) is 35.6 Å². The highest BCUT2D eigenvalue weighted by Crippen LogP contribution is 2.30. The van der Waals surface area contributed by atoms with E-state index in [1.54, 1.807) is 29.6 Å². The maximum Gasteiger partial charge on any atom is 0.352 e. The van der Waals surface area contributed by atoms with Crippen LogP contribution in [0.5, 0.6) is 0 Å². The fourth-order valence-electron chi connectivity index (χ4n) is 3.53. The number of nitrogens with one attached hydrogen (secondary N) is 1. The smallest absolute Gasteiger partial charge is 0.352 e. The van der Waals surface area contributed by atoms with Crippen molar-refractivity contribution in [2.45, 2.75) is 43.9 Å². The Morgan fingerprint density at radius 2 is 1.90 bits per heavy atom. The van der Waals surface area contributed by atoms with E-state index >= 15 is 0 Å². The monoisotopic (exact) mass is 415 g/mol. The van der Waals surface area contributed by atoms with Crippen molar-refractivity contribution in [3.63, 3.8) is 0 Å².